The summed E-state index contributed by atoms with van der Waals surface area (Å²) < 4.78 is 10.7. The fourth-order valence-electron chi connectivity index (χ4n) is 2.53. The third kappa shape index (κ3) is 4.86. The van der Waals surface area contributed by atoms with Crippen LogP contribution in [0.15, 0.2) is 66.0 Å². The molecule has 1 amide bonds. The van der Waals surface area contributed by atoms with Crippen LogP contribution in [0.1, 0.15) is 4.88 Å². The number of ether oxygens (including phenoxy) is 2. The lowest BCUT2D eigenvalue weighted by Crippen LogP contribution is -2.34. The van der Waals surface area contributed by atoms with Gasteiger partial charge in [0.2, 0.25) is 0 Å². The van der Waals surface area contributed by atoms with Crippen molar-refractivity contribution in [3.05, 3.63) is 81.0 Å². The number of rotatable bonds is 8. The van der Waals surface area contributed by atoms with Crippen LogP contribution in [0.5, 0.6) is 11.5 Å². The maximum absolute atomic E-state index is 12.8. The summed E-state index contributed by atoms with van der Waals surface area (Å²) >= 11 is 1.57. The second kappa shape index (κ2) is 9.01. The Bertz CT molecular complexity index is 924. The third-order valence-corrected chi connectivity index (χ3v) is 4.85. The van der Waals surface area contributed by atoms with E-state index in [4.69, 9.17) is 9.47 Å². The molecule has 8 heteroatoms. The Balaban J connectivity index is 1.72. The first-order valence-corrected chi connectivity index (χ1v) is 9.29. The van der Waals surface area contributed by atoms with Gasteiger partial charge >= 0.3 is 0 Å². The van der Waals surface area contributed by atoms with Crippen molar-refractivity contribution in [2.45, 2.75) is 6.54 Å². The molecule has 0 aliphatic heterocycles. The molecule has 0 aliphatic rings. The lowest BCUT2D eigenvalue weighted by molar-refractivity contribution is -0.384. The number of nitro benzene ring substituents is 1. The van der Waals surface area contributed by atoms with E-state index in [0.29, 0.717) is 18.0 Å². The molecule has 3 rings (SSSR count). The van der Waals surface area contributed by atoms with Crippen LogP contribution in [0.4, 0.5) is 11.4 Å². The second-order valence-electron chi connectivity index (χ2n) is 5.80. The van der Waals surface area contributed by atoms with E-state index in [1.165, 1.54) is 24.3 Å². The molecular formula is C20H18N2O5S. The van der Waals surface area contributed by atoms with E-state index in [1.807, 2.05) is 29.6 Å². The van der Waals surface area contributed by atoms with Gasteiger partial charge in [-0.2, -0.15) is 0 Å². The molecule has 7 nitrogen and oxygen atoms in total. The fourth-order valence-corrected chi connectivity index (χ4v) is 3.22. The summed E-state index contributed by atoms with van der Waals surface area (Å²) in [5, 5.41) is 12.7. The van der Waals surface area contributed by atoms with Crippen molar-refractivity contribution < 1.29 is 19.2 Å². The van der Waals surface area contributed by atoms with Gasteiger partial charge in [-0.1, -0.05) is 6.07 Å². The number of hydrogen-bond acceptors (Lipinski definition) is 6. The molecule has 0 fully saturated rings. The Morgan fingerprint density at radius 2 is 1.75 bits per heavy atom. The Kier molecular flexibility index (Phi) is 6.23. The molecule has 28 heavy (non-hydrogen) atoms. The predicted molar refractivity (Wildman–Crippen MR) is 107 cm³/mol. The number of nitrogens with zero attached hydrogens (tertiary/aromatic N) is 2. The number of carbonyl (C=O) groups is 1. The first-order valence-electron chi connectivity index (χ1n) is 8.41. The van der Waals surface area contributed by atoms with Crippen LogP contribution < -0.4 is 14.4 Å². The Morgan fingerprint density at radius 1 is 1.07 bits per heavy atom. The van der Waals surface area contributed by atoms with Crippen molar-refractivity contribution in [3.63, 3.8) is 0 Å². The average Bonchev–Trinajstić information content (AvgIpc) is 3.24. The molecule has 2 aromatic carbocycles. The SMILES string of the molecule is COc1ccc(N(Cc2cccs2)C(=O)COc2ccc([N+](=O)[O-])cc2)cc1. The van der Waals surface area contributed by atoms with Gasteiger partial charge in [0.05, 0.1) is 18.6 Å². The number of amides is 1. The molecule has 0 saturated carbocycles. The van der Waals surface area contributed by atoms with Crippen LogP contribution in [0, 0.1) is 10.1 Å². The number of thiophene rings is 1. The number of methoxy groups -OCH3 is 1. The van der Waals surface area contributed by atoms with Crippen molar-refractivity contribution in [3.8, 4) is 11.5 Å². The van der Waals surface area contributed by atoms with Crippen molar-refractivity contribution in [1.29, 1.82) is 0 Å². The average molecular weight is 398 g/mol. The summed E-state index contributed by atoms with van der Waals surface area (Å²) in [4.78, 5) is 25.7. The molecule has 3 aromatic rings. The number of non-ortho nitro benzene ring substituents is 1. The minimum atomic E-state index is -0.485. The first-order chi connectivity index (χ1) is 13.6. The highest BCUT2D eigenvalue weighted by Crippen LogP contribution is 2.23. The van der Waals surface area contributed by atoms with Gasteiger partial charge in [-0.15, -0.1) is 11.3 Å². The number of nitro groups is 1. The molecule has 0 atom stereocenters. The second-order valence-corrected chi connectivity index (χ2v) is 6.83. The van der Waals surface area contributed by atoms with Gasteiger partial charge in [0.25, 0.3) is 11.6 Å². The Morgan fingerprint density at radius 3 is 2.32 bits per heavy atom. The molecule has 0 radical (unpaired) electrons. The zero-order valence-electron chi connectivity index (χ0n) is 15.1. The standard InChI is InChI=1S/C20H18N2O5S/c1-26-17-8-4-15(5-9-17)21(13-19-3-2-12-28-19)20(23)14-27-18-10-6-16(7-11-18)22(24)25/h2-12H,13-14H2,1H3. The molecule has 0 unspecified atom stereocenters. The van der Waals surface area contributed by atoms with Gasteiger partial charge in [0.15, 0.2) is 6.61 Å². The molecule has 0 aliphatic carbocycles. The quantitative estimate of drug-likeness (QED) is 0.418. The molecule has 0 saturated heterocycles. The minimum absolute atomic E-state index is 0.0313. The molecule has 1 heterocycles. The van der Waals surface area contributed by atoms with E-state index in [2.05, 4.69) is 0 Å². The highest BCUT2D eigenvalue weighted by atomic mass is 32.1. The number of carbonyl (C=O) groups excluding carboxylic acids is 1. The highest BCUT2D eigenvalue weighted by molar-refractivity contribution is 7.09. The van der Waals surface area contributed by atoms with Crippen molar-refractivity contribution in [2.75, 3.05) is 18.6 Å². The summed E-state index contributed by atoms with van der Waals surface area (Å²) in [5.41, 5.74) is 0.697. The smallest absolute Gasteiger partial charge is 0.269 e. The van der Waals surface area contributed by atoms with Crippen LogP contribution in [0.25, 0.3) is 0 Å². The lowest BCUT2D eigenvalue weighted by Gasteiger charge is -2.22. The Hall–Kier alpha value is -3.39. The number of anilines is 1. The molecule has 1 aromatic heterocycles. The monoisotopic (exact) mass is 398 g/mol. The zero-order chi connectivity index (χ0) is 19.9. The van der Waals surface area contributed by atoms with Crippen molar-refractivity contribution in [2.24, 2.45) is 0 Å². The normalized spacial score (nSPS) is 10.3. The largest absolute Gasteiger partial charge is 0.497 e. The number of benzene rings is 2. The molecule has 0 spiro atoms. The summed E-state index contributed by atoms with van der Waals surface area (Å²) in [7, 11) is 1.58. The zero-order valence-corrected chi connectivity index (χ0v) is 15.9. The van der Waals surface area contributed by atoms with E-state index in [0.717, 1.165) is 10.6 Å². The van der Waals surface area contributed by atoms with Crippen LogP contribution in [0.3, 0.4) is 0 Å². The third-order valence-electron chi connectivity index (χ3n) is 3.99. The van der Waals surface area contributed by atoms with Gasteiger partial charge in [-0.25, -0.2) is 0 Å². The van der Waals surface area contributed by atoms with Gasteiger partial charge in [-0.3, -0.25) is 14.9 Å². The molecular weight excluding hydrogens is 380 g/mol. The van der Waals surface area contributed by atoms with Gasteiger partial charge < -0.3 is 14.4 Å². The van der Waals surface area contributed by atoms with E-state index in [-0.39, 0.29) is 18.2 Å². The summed E-state index contributed by atoms with van der Waals surface area (Å²) in [5.74, 6) is 0.871. The van der Waals surface area contributed by atoms with Gasteiger partial charge in [0, 0.05) is 22.7 Å². The van der Waals surface area contributed by atoms with Crippen LogP contribution in [0.2, 0.25) is 0 Å². The predicted octanol–water partition coefficient (Wildman–Crippen LogP) is 4.28. The van der Waals surface area contributed by atoms with Crippen LogP contribution in [-0.4, -0.2) is 24.5 Å². The maximum Gasteiger partial charge on any atom is 0.269 e. The van der Waals surface area contributed by atoms with E-state index < -0.39 is 4.92 Å². The number of hydrogen-bond donors (Lipinski definition) is 0. The Labute approximate surface area is 165 Å². The summed E-state index contributed by atoms with van der Waals surface area (Å²) in [6.07, 6.45) is 0. The van der Waals surface area contributed by atoms with Gasteiger partial charge in [-0.05, 0) is 47.8 Å². The van der Waals surface area contributed by atoms with E-state index in [9.17, 15) is 14.9 Å². The van der Waals surface area contributed by atoms with Crippen molar-refractivity contribution >= 4 is 28.6 Å². The lowest BCUT2D eigenvalue weighted by atomic mass is 10.2. The highest BCUT2D eigenvalue weighted by Gasteiger charge is 2.18. The van der Waals surface area contributed by atoms with Gasteiger partial charge in [0.1, 0.15) is 11.5 Å². The van der Waals surface area contributed by atoms with E-state index in [1.54, 1.807) is 35.5 Å². The minimum Gasteiger partial charge on any atom is -0.497 e. The molecule has 0 N–H and O–H groups in total. The summed E-state index contributed by atoms with van der Waals surface area (Å²) in [6, 6.07) is 16.7. The first kappa shape index (κ1) is 19.4. The molecule has 0 bridgehead atoms. The van der Waals surface area contributed by atoms with Crippen LogP contribution in [-0.2, 0) is 11.3 Å². The van der Waals surface area contributed by atoms with Crippen LogP contribution >= 0.6 is 11.3 Å². The van der Waals surface area contributed by atoms with Crippen molar-refractivity contribution in [1.82, 2.24) is 0 Å². The fraction of sp³-hybridized carbons (Fsp3) is 0.150. The molecule has 144 valence electrons. The maximum atomic E-state index is 12.8. The topological polar surface area (TPSA) is 81.9 Å². The summed E-state index contributed by atoms with van der Waals surface area (Å²) in [6.45, 7) is 0.238. The van der Waals surface area contributed by atoms with E-state index >= 15 is 0 Å².